The molecule has 1 aromatic heterocycles. The number of nitrogens with one attached hydrogen (secondary N) is 3. The predicted octanol–water partition coefficient (Wildman–Crippen LogP) is 4.06. The minimum Gasteiger partial charge on any atom is -0.321 e. The van der Waals surface area contributed by atoms with Gasteiger partial charge in [-0.2, -0.15) is 0 Å². The summed E-state index contributed by atoms with van der Waals surface area (Å²) in [7, 11) is 0. The monoisotopic (exact) mass is 379 g/mol. The van der Waals surface area contributed by atoms with Crippen LogP contribution >= 0.6 is 11.3 Å². The third kappa shape index (κ3) is 4.05. The highest BCUT2D eigenvalue weighted by Crippen LogP contribution is 2.31. The minimum absolute atomic E-state index is 0.0212. The average Bonchev–Trinajstić information content (AvgIpc) is 3.11. The quantitative estimate of drug-likeness (QED) is 0.751. The van der Waals surface area contributed by atoms with Crippen LogP contribution < -0.4 is 16.0 Å². The lowest BCUT2D eigenvalue weighted by Gasteiger charge is -2.15. The van der Waals surface area contributed by atoms with Gasteiger partial charge < -0.3 is 16.0 Å². The number of carbonyl (C=O) groups is 1. The Hall–Kier alpha value is -2.21. The second kappa shape index (κ2) is 8.21. The van der Waals surface area contributed by atoms with E-state index in [1.807, 2.05) is 12.1 Å². The molecule has 5 heteroatoms. The van der Waals surface area contributed by atoms with Gasteiger partial charge in [-0.25, -0.2) is 0 Å². The Morgan fingerprint density at radius 2 is 1.67 bits per heavy atom. The second-order valence-electron chi connectivity index (χ2n) is 7.00. The summed E-state index contributed by atoms with van der Waals surface area (Å²) in [5, 5.41) is 11.8. The Morgan fingerprint density at radius 1 is 1.00 bits per heavy atom. The van der Waals surface area contributed by atoms with Gasteiger partial charge in [-0.1, -0.05) is 24.3 Å². The third-order valence-corrected chi connectivity index (χ3v) is 6.31. The second-order valence-corrected chi connectivity index (χ2v) is 7.88. The van der Waals surface area contributed by atoms with Crippen LogP contribution in [0.5, 0.6) is 0 Å². The highest BCUT2D eigenvalue weighted by atomic mass is 32.1. The molecule has 140 valence electrons. The molecule has 4 nitrogen and oxygen atoms in total. The van der Waals surface area contributed by atoms with E-state index in [4.69, 9.17) is 0 Å². The SMILES string of the molecule is Cc1c(C2=CCNCC2)csc1C(=O)Nc1ccc(C2=CCNCC2)cc1. The molecule has 0 bridgehead atoms. The van der Waals surface area contributed by atoms with Crippen molar-refractivity contribution in [3.63, 3.8) is 0 Å². The van der Waals surface area contributed by atoms with Crippen LogP contribution in [0.15, 0.2) is 41.8 Å². The number of benzene rings is 1. The van der Waals surface area contributed by atoms with Crippen molar-refractivity contribution in [3.05, 3.63) is 63.4 Å². The summed E-state index contributed by atoms with van der Waals surface area (Å²) in [4.78, 5) is 13.6. The number of amides is 1. The molecule has 0 aliphatic carbocycles. The molecule has 0 unspecified atom stereocenters. The summed E-state index contributed by atoms with van der Waals surface area (Å²) in [5.41, 5.74) is 7.11. The maximum atomic E-state index is 12.8. The number of thiophene rings is 1. The molecule has 0 radical (unpaired) electrons. The third-order valence-electron chi connectivity index (χ3n) is 5.23. The van der Waals surface area contributed by atoms with E-state index in [1.165, 1.54) is 33.6 Å². The van der Waals surface area contributed by atoms with E-state index in [9.17, 15) is 4.79 Å². The molecule has 0 atom stereocenters. The molecular weight excluding hydrogens is 354 g/mol. The van der Waals surface area contributed by atoms with Gasteiger partial charge in [0, 0.05) is 18.8 Å². The standard InChI is InChI=1S/C22H25N3OS/c1-15-20(18-8-12-24-13-9-18)14-27-21(15)22(26)25-19-4-2-16(3-5-19)17-6-10-23-11-7-17/h2-6,8,14,23-24H,7,9-13H2,1H3,(H,25,26). The topological polar surface area (TPSA) is 53.2 Å². The summed E-state index contributed by atoms with van der Waals surface area (Å²) in [5.74, 6) is -0.0212. The molecule has 0 saturated carbocycles. The molecule has 0 fully saturated rings. The minimum atomic E-state index is -0.0212. The van der Waals surface area contributed by atoms with E-state index >= 15 is 0 Å². The maximum Gasteiger partial charge on any atom is 0.266 e. The Bertz CT molecular complexity index is 893. The first kappa shape index (κ1) is 18.2. The summed E-state index contributed by atoms with van der Waals surface area (Å²) < 4.78 is 0. The fourth-order valence-corrected chi connectivity index (χ4v) is 4.67. The van der Waals surface area contributed by atoms with Crippen LogP contribution in [0.1, 0.15) is 39.2 Å². The normalized spacial score (nSPS) is 17.2. The van der Waals surface area contributed by atoms with Crippen molar-refractivity contribution in [3.8, 4) is 0 Å². The van der Waals surface area contributed by atoms with E-state index in [-0.39, 0.29) is 5.91 Å². The number of hydrogen-bond acceptors (Lipinski definition) is 4. The van der Waals surface area contributed by atoms with Gasteiger partial charge in [-0.05, 0) is 78.2 Å². The fourth-order valence-electron chi connectivity index (χ4n) is 3.66. The first-order valence-electron chi connectivity index (χ1n) is 9.52. The van der Waals surface area contributed by atoms with Gasteiger partial charge in [-0.3, -0.25) is 4.79 Å². The van der Waals surface area contributed by atoms with Crippen LogP contribution in [0.3, 0.4) is 0 Å². The average molecular weight is 380 g/mol. The van der Waals surface area contributed by atoms with E-state index in [0.29, 0.717) is 0 Å². The van der Waals surface area contributed by atoms with Crippen LogP contribution in [-0.4, -0.2) is 32.1 Å². The molecule has 2 aliphatic heterocycles. The van der Waals surface area contributed by atoms with Gasteiger partial charge in [0.25, 0.3) is 5.91 Å². The molecule has 3 N–H and O–H groups in total. The molecular formula is C22H25N3OS. The van der Waals surface area contributed by atoms with Crippen LogP contribution in [0.25, 0.3) is 11.1 Å². The van der Waals surface area contributed by atoms with Crippen molar-refractivity contribution in [2.24, 2.45) is 0 Å². The lowest BCUT2D eigenvalue weighted by Crippen LogP contribution is -2.20. The molecule has 1 aromatic carbocycles. The first-order valence-corrected chi connectivity index (χ1v) is 10.4. The predicted molar refractivity (Wildman–Crippen MR) is 114 cm³/mol. The van der Waals surface area contributed by atoms with E-state index in [0.717, 1.165) is 55.1 Å². The van der Waals surface area contributed by atoms with Gasteiger partial charge in [0.15, 0.2) is 0 Å². The number of hydrogen-bond donors (Lipinski definition) is 3. The molecule has 2 aromatic rings. The number of rotatable bonds is 4. The summed E-state index contributed by atoms with van der Waals surface area (Å²) in [6, 6.07) is 8.18. The molecule has 3 heterocycles. The summed E-state index contributed by atoms with van der Waals surface area (Å²) >= 11 is 1.53. The summed E-state index contributed by atoms with van der Waals surface area (Å²) in [6.07, 6.45) is 6.54. The van der Waals surface area contributed by atoms with Gasteiger partial charge in [0.1, 0.15) is 0 Å². The number of anilines is 1. The maximum absolute atomic E-state index is 12.8. The highest BCUT2D eigenvalue weighted by molar-refractivity contribution is 7.12. The van der Waals surface area contributed by atoms with Crippen molar-refractivity contribution >= 4 is 34.1 Å². The zero-order valence-corrected chi connectivity index (χ0v) is 16.4. The highest BCUT2D eigenvalue weighted by Gasteiger charge is 2.18. The molecule has 27 heavy (non-hydrogen) atoms. The molecule has 1 amide bonds. The van der Waals surface area contributed by atoms with Gasteiger partial charge in [0.05, 0.1) is 4.88 Å². The van der Waals surface area contributed by atoms with Crippen molar-refractivity contribution in [2.45, 2.75) is 19.8 Å². The lowest BCUT2D eigenvalue weighted by atomic mass is 9.98. The van der Waals surface area contributed by atoms with Crippen LogP contribution in [-0.2, 0) is 0 Å². The Morgan fingerprint density at radius 3 is 2.30 bits per heavy atom. The molecule has 0 spiro atoms. The van der Waals surface area contributed by atoms with Gasteiger partial charge in [0.2, 0.25) is 0 Å². The van der Waals surface area contributed by atoms with Crippen LogP contribution in [0.2, 0.25) is 0 Å². The van der Waals surface area contributed by atoms with Gasteiger partial charge in [-0.15, -0.1) is 11.3 Å². The van der Waals surface area contributed by atoms with E-state index in [1.54, 1.807) is 0 Å². The fraction of sp³-hybridized carbons (Fsp3) is 0.318. The van der Waals surface area contributed by atoms with Crippen molar-refractivity contribution < 1.29 is 4.79 Å². The van der Waals surface area contributed by atoms with Gasteiger partial charge >= 0.3 is 0 Å². The Balaban J connectivity index is 1.47. The smallest absolute Gasteiger partial charge is 0.266 e. The Kier molecular flexibility index (Phi) is 5.53. The number of carbonyl (C=O) groups excluding carboxylic acids is 1. The Labute approximate surface area is 164 Å². The zero-order valence-electron chi connectivity index (χ0n) is 15.6. The first-order chi connectivity index (χ1) is 13.2. The zero-order chi connectivity index (χ0) is 18.6. The van der Waals surface area contributed by atoms with E-state index in [2.05, 4.69) is 52.5 Å². The van der Waals surface area contributed by atoms with E-state index < -0.39 is 0 Å². The van der Waals surface area contributed by atoms with Crippen molar-refractivity contribution in [2.75, 3.05) is 31.5 Å². The summed E-state index contributed by atoms with van der Waals surface area (Å²) in [6.45, 7) is 5.92. The molecule has 4 rings (SSSR count). The van der Waals surface area contributed by atoms with Crippen LogP contribution in [0.4, 0.5) is 5.69 Å². The van der Waals surface area contributed by atoms with Crippen molar-refractivity contribution in [1.29, 1.82) is 0 Å². The van der Waals surface area contributed by atoms with Crippen molar-refractivity contribution in [1.82, 2.24) is 10.6 Å². The molecule has 2 aliphatic rings. The lowest BCUT2D eigenvalue weighted by molar-refractivity contribution is 0.103. The largest absolute Gasteiger partial charge is 0.321 e. The van der Waals surface area contributed by atoms with Crippen LogP contribution in [0, 0.1) is 6.92 Å². The molecule has 0 saturated heterocycles.